The van der Waals surface area contributed by atoms with E-state index in [-0.39, 0.29) is 24.7 Å². The van der Waals surface area contributed by atoms with Crippen LogP contribution in [-0.4, -0.2) is 49.0 Å². The predicted octanol–water partition coefficient (Wildman–Crippen LogP) is 3.88. The van der Waals surface area contributed by atoms with Gasteiger partial charge in [0.1, 0.15) is 17.5 Å². The van der Waals surface area contributed by atoms with Crippen LogP contribution in [0.4, 0.5) is 0 Å². The summed E-state index contributed by atoms with van der Waals surface area (Å²) in [6.45, 7) is 4.41. The number of fused-ring (bicyclic) bond motifs is 1. The molecule has 5 atom stereocenters. The molecule has 1 aromatic rings. The average molecular weight is 417 g/mol. The number of benzene rings is 1. The van der Waals surface area contributed by atoms with Crippen LogP contribution < -0.4 is 0 Å². The van der Waals surface area contributed by atoms with E-state index in [4.69, 9.17) is 18.9 Å². The molecule has 5 nitrogen and oxygen atoms in total. The summed E-state index contributed by atoms with van der Waals surface area (Å²) in [5.74, 6) is 0.373. The molecule has 4 aliphatic rings. The standard InChI is InChI=1S/C23H28O5S/c1-21(2)26-13-18(27-21)16-9-11-22(14-24)20(25-3)19(17-10-12-23(16,22)28-17)29-15-7-5-4-6-8-15/h4-8,10,12,16-18,24H,9,11,13-14H2,1-3H3/t16-,17-,18-,22+,23-/m0/s1. The number of rotatable bonds is 5. The highest BCUT2D eigenvalue weighted by molar-refractivity contribution is 8.03. The van der Waals surface area contributed by atoms with Gasteiger partial charge in [-0.1, -0.05) is 42.1 Å². The van der Waals surface area contributed by atoms with E-state index in [1.54, 1.807) is 18.9 Å². The SMILES string of the molecule is COC1=C(Sc2ccccc2)[C@@H]2C=C[C@]3(O2)[C@H]([C@@H]2COC(C)(C)O2)CC[C@@]13CO. The molecule has 1 aliphatic carbocycles. The van der Waals surface area contributed by atoms with Crippen LogP contribution in [0.1, 0.15) is 26.7 Å². The summed E-state index contributed by atoms with van der Waals surface area (Å²) < 4.78 is 24.9. The molecule has 3 heterocycles. The van der Waals surface area contributed by atoms with Gasteiger partial charge < -0.3 is 24.1 Å². The third-order valence-corrected chi connectivity index (χ3v) is 8.01. The maximum Gasteiger partial charge on any atom is 0.163 e. The van der Waals surface area contributed by atoms with Crippen LogP contribution >= 0.6 is 11.8 Å². The van der Waals surface area contributed by atoms with Crippen LogP contribution in [0, 0.1) is 11.3 Å². The quantitative estimate of drug-likeness (QED) is 0.735. The van der Waals surface area contributed by atoms with E-state index in [2.05, 4.69) is 24.3 Å². The Hall–Kier alpha value is -1.31. The molecule has 3 aliphatic heterocycles. The molecule has 1 spiro atoms. The van der Waals surface area contributed by atoms with Crippen LogP contribution in [-0.2, 0) is 18.9 Å². The predicted molar refractivity (Wildman–Crippen MR) is 110 cm³/mol. The van der Waals surface area contributed by atoms with Crippen LogP contribution in [0.2, 0.25) is 0 Å². The topological polar surface area (TPSA) is 57.2 Å². The van der Waals surface area contributed by atoms with Crippen molar-refractivity contribution in [2.24, 2.45) is 11.3 Å². The number of thioether (sulfide) groups is 1. The molecule has 156 valence electrons. The fraction of sp³-hybridized carbons (Fsp3) is 0.565. The van der Waals surface area contributed by atoms with Crippen molar-refractivity contribution in [2.75, 3.05) is 20.3 Å². The van der Waals surface area contributed by atoms with E-state index in [1.165, 1.54) is 0 Å². The molecule has 2 fully saturated rings. The molecule has 5 rings (SSSR count). The average Bonchev–Trinajstić information content (AvgIpc) is 3.39. The Balaban J connectivity index is 1.56. The molecule has 0 radical (unpaired) electrons. The zero-order chi connectivity index (χ0) is 20.3. The first-order valence-electron chi connectivity index (χ1n) is 10.3. The molecule has 1 saturated heterocycles. The lowest BCUT2D eigenvalue weighted by Gasteiger charge is -2.49. The van der Waals surface area contributed by atoms with Crippen molar-refractivity contribution >= 4 is 11.8 Å². The van der Waals surface area contributed by atoms with Crippen molar-refractivity contribution in [3.63, 3.8) is 0 Å². The summed E-state index contributed by atoms with van der Waals surface area (Å²) in [7, 11) is 1.71. The highest BCUT2D eigenvalue weighted by Gasteiger charge is 2.70. The third kappa shape index (κ3) is 2.77. The summed E-state index contributed by atoms with van der Waals surface area (Å²) in [4.78, 5) is 2.16. The highest BCUT2D eigenvalue weighted by Crippen LogP contribution is 2.65. The second kappa shape index (κ2) is 6.86. The molecular formula is C23H28O5S. The number of hydrogen-bond acceptors (Lipinski definition) is 6. The Labute approximate surface area is 176 Å². The smallest absolute Gasteiger partial charge is 0.163 e. The largest absolute Gasteiger partial charge is 0.499 e. The van der Waals surface area contributed by atoms with Gasteiger partial charge in [0.15, 0.2) is 5.79 Å². The van der Waals surface area contributed by atoms with Gasteiger partial charge in [-0.3, -0.25) is 0 Å². The normalized spacial score (nSPS) is 39.8. The molecule has 1 aromatic carbocycles. The summed E-state index contributed by atoms with van der Waals surface area (Å²) in [6, 6.07) is 10.2. The monoisotopic (exact) mass is 416 g/mol. The lowest BCUT2D eigenvalue weighted by atomic mass is 9.68. The van der Waals surface area contributed by atoms with Crippen molar-refractivity contribution in [3.05, 3.63) is 53.1 Å². The highest BCUT2D eigenvalue weighted by atomic mass is 32.2. The third-order valence-electron chi connectivity index (χ3n) is 6.86. The Morgan fingerprint density at radius 3 is 2.66 bits per heavy atom. The van der Waals surface area contributed by atoms with Crippen molar-refractivity contribution in [2.45, 2.75) is 55.2 Å². The van der Waals surface area contributed by atoms with Gasteiger partial charge in [0.2, 0.25) is 0 Å². The number of aliphatic hydroxyl groups is 1. The van der Waals surface area contributed by atoms with Gasteiger partial charge in [0, 0.05) is 10.8 Å². The van der Waals surface area contributed by atoms with Crippen LogP contribution in [0.25, 0.3) is 0 Å². The van der Waals surface area contributed by atoms with Gasteiger partial charge in [-0.2, -0.15) is 0 Å². The number of ether oxygens (including phenoxy) is 4. The van der Waals surface area contributed by atoms with Crippen molar-refractivity contribution in [1.82, 2.24) is 0 Å². The maximum atomic E-state index is 10.7. The Bertz CT molecular complexity index is 850. The van der Waals surface area contributed by atoms with Crippen molar-refractivity contribution in [3.8, 4) is 0 Å². The molecule has 1 saturated carbocycles. The van der Waals surface area contributed by atoms with Gasteiger partial charge in [-0.05, 0) is 38.8 Å². The zero-order valence-electron chi connectivity index (χ0n) is 17.1. The van der Waals surface area contributed by atoms with Crippen LogP contribution in [0.3, 0.4) is 0 Å². The lowest BCUT2D eigenvalue weighted by Crippen LogP contribution is -2.57. The molecule has 0 aromatic heterocycles. The summed E-state index contributed by atoms with van der Waals surface area (Å²) in [5, 5.41) is 10.7. The van der Waals surface area contributed by atoms with E-state index in [9.17, 15) is 5.11 Å². The Morgan fingerprint density at radius 1 is 1.21 bits per heavy atom. The molecule has 29 heavy (non-hydrogen) atoms. The second-order valence-electron chi connectivity index (χ2n) is 8.76. The Morgan fingerprint density at radius 2 is 2.00 bits per heavy atom. The van der Waals surface area contributed by atoms with E-state index >= 15 is 0 Å². The van der Waals surface area contributed by atoms with E-state index in [0.717, 1.165) is 28.4 Å². The van der Waals surface area contributed by atoms with Crippen LogP contribution in [0.15, 0.2) is 58.0 Å². The molecular weight excluding hydrogens is 388 g/mol. The lowest BCUT2D eigenvalue weighted by molar-refractivity contribution is -0.178. The van der Waals surface area contributed by atoms with Gasteiger partial charge in [-0.15, -0.1) is 0 Å². The van der Waals surface area contributed by atoms with Gasteiger partial charge in [0.25, 0.3) is 0 Å². The molecule has 1 N–H and O–H groups in total. The van der Waals surface area contributed by atoms with Gasteiger partial charge >= 0.3 is 0 Å². The first kappa shape index (κ1) is 19.6. The number of methoxy groups -OCH3 is 1. The zero-order valence-corrected chi connectivity index (χ0v) is 17.9. The molecule has 2 bridgehead atoms. The molecule has 0 amide bonds. The first-order valence-corrected chi connectivity index (χ1v) is 11.1. The van der Waals surface area contributed by atoms with Crippen molar-refractivity contribution < 1.29 is 24.1 Å². The minimum absolute atomic E-state index is 0.0282. The van der Waals surface area contributed by atoms with Crippen molar-refractivity contribution in [1.29, 1.82) is 0 Å². The van der Waals surface area contributed by atoms with E-state index in [0.29, 0.717) is 6.61 Å². The van der Waals surface area contributed by atoms with Crippen LogP contribution in [0.5, 0.6) is 0 Å². The maximum absolute atomic E-state index is 10.7. The number of aliphatic hydroxyl groups excluding tert-OH is 1. The fourth-order valence-electron chi connectivity index (χ4n) is 5.63. The van der Waals surface area contributed by atoms with Gasteiger partial charge in [0.05, 0.1) is 36.7 Å². The number of hydrogen-bond donors (Lipinski definition) is 1. The summed E-state index contributed by atoms with van der Waals surface area (Å²) >= 11 is 1.66. The minimum atomic E-state index is -0.632. The fourth-order valence-corrected chi connectivity index (χ4v) is 6.79. The second-order valence-corrected chi connectivity index (χ2v) is 9.87. The molecule has 6 heteroatoms. The molecule has 0 unspecified atom stereocenters. The van der Waals surface area contributed by atoms with E-state index in [1.807, 2.05) is 32.0 Å². The van der Waals surface area contributed by atoms with E-state index < -0.39 is 16.8 Å². The summed E-state index contributed by atoms with van der Waals surface area (Å²) in [5.41, 5.74) is -1.24. The van der Waals surface area contributed by atoms with Gasteiger partial charge in [-0.25, -0.2) is 0 Å². The minimum Gasteiger partial charge on any atom is -0.499 e. The first-order chi connectivity index (χ1) is 13.9. The Kier molecular flexibility index (Phi) is 4.64. The summed E-state index contributed by atoms with van der Waals surface area (Å²) in [6.07, 6.45) is 5.72.